The smallest absolute Gasteiger partial charge is 0.265 e. The predicted molar refractivity (Wildman–Crippen MR) is 110 cm³/mol. The number of thiazole rings is 1. The molecule has 2 aliphatic rings. The van der Waals surface area contributed by atoms with Crippen molar-refractivity contribution in [2.24, 2.45) is 0 Å². The molecule has 0 bridgehead atoms. The highest BCUT2D eigenvalue weighted by Gasteiger charge is 2.20. The Bertz CT molecular complexity index is 1020. The normalized spacial score (nSPS) is 16.4. The van der Waals surface area contributed by atoms with E-state index in [2.05, 4.69) is 15.5 Å². The number of nitrogens with one attached hydrogen (secondary N) is 2. The molecule has 8 heteroatoms. The SMILES string of the molecule is O=C1Cc2cc(NC(=O)c3cc4nc(N5CCCCC5)sc4s3)ccc2N1. The number of carbonyl (C=O) groups is 2. The topological polar surface area (TPSA) is 74.3 Å². The quantitative estimate of drug-likeness (QED) is 0.697. The molecule has 0 atom stereocenters. The van der Waals surface area contributed by atoms with E-state index in [0.29, 0.717) is 17.0 Å². The Morgan fingerprint density at radius 1 is 1.15 bits per heavy atom. The van der Waals surface area contributed by atoms with E-state index in [1.54, 1.807) is 11.3 Å². The number of aromatic nitrogens is 1. The van der Waals surface area contributed by atoms with Gasteiger partial charge in [0.05, 0.1) is 16.8 Å². The molecule has 0 spiro atoms. The number of hydrogen-bond donors (Lipinski definition) is 2. The summed E-state index contributed by atoms with van der Waals surface area (Å²) < 4.78 is 1.09. The largest absolute Gasteiger partial charge is 0.348 e. The van der Waals surface area contributed by atoms with Gasteiger partial charge in [-0.15, -0.1) is 11.3 Å². The second-order valence-corrected chi connectivity index (χ2v) is 9.17. The van der Waals surface area contributed by atoms with Crippen molar-refractivity contribution in [2.45, 2.75) is 25.7 Å². The monoisotopic (exact) mass is 398 g/mol. The number of piperidine rings is 1. The van der Waals surface area contributed by atoms with Gasteiger partial charge in [0.1, 0.15) is 4.01 Å². The van der Waals surface area contributed by atoms with E-state index < -0.39 is 0 Å². The standard InChI is InChI=1S/C19H18N4O2S2/c24-16-9-11-8-12(4-5-13(11)21-16)20-17(25)15-10-14-18(26-15)27-19(22-14)23-6-2-1-3-7-23/h4-5,8,10H,1-3,6-7,9H2,(H,20,25)(H,21,24). The molecule has 1 aromatic carbocycles. The molecule has 4 heterocycles. The summed E-state index contributed by atoms with van der Waals surface area (Å²) in [5, 5.41) is 6.79. The fourth-order valence-electron chi connectivity index (χ4n) is 3.56. The molecule has 3 aromatic rings. The minimum absolute atomic E-state index is 0.0115. The number of hydrogen-bond acceptors (Lipinski definition) is 6. The maximum Gasteiger partial charge on any atom is 0.265 e. The number of carbonyl (C=O) groups excluding carboxylic acids is 2. The van der Waals surface area contributed by atoms with Crippen molar-refractivity contribution in [3.63, 3.8) is 0 Å². The van der Waals surface area contributed by atoms with Crippen molar-refractivity contribution in [3.8, 4) is 0 Å². The summed E-state index contributed by atoms with van der Waals surface area (Å²) in [6.07, 6.45) is 4.11. The van der Waals surface area contributed by atoms with Crippen LogP contribution in [0.3, 0.4) is 0 Å². The molecule has 1 saturated heterocycles. The van der Waals surface area contributed by atoms with Crippen LogP contribution < -0.4 is 15.5 Å². The van der Waals surface area contributed by atoms with Gasteiger partial charge in [-0.2, -0.15) is 0 Å². The maximum atomic E-state index is 12.6. The van der Waals surface area contributed by atoms with Crippen LogP contribution in [0.15, 0.2) is 24.3 Å². The molecule has 2 N–H and O–H groups in total. The second kappa shape index (κ2) is 6.61. The first-order valence-electron chi connectivity index (χ1n) is 9.05. The van der Waals surface area contributed by atoms with Crippen LogP contribution in [0, 0.1) is 0 Å². The summed E-state index contributed by atoms with van der Waals surface area (Å²) in [6, 6.07) is 7.37. The van der Waals surface area contributed by atoms with Crippen LogP contribution in [0.1, 0.15) is 34.5 Å². The molecule has 2 amide bonds. The summed E-state index contributed by atoms with van der Waals surface area (Å²) in [7, 11) is 0. The minimum Gasteiger partial charge on any atom is -0.348 e. The molecule has 0 aliphatic carbocycles. The summed E-state index contributed by atoms with van der Waals surface area (Å²) >= 11 is 3.16. The van der Waals surface area contributed by atoms with Crippen molar-refractivity contribution in [2.75, 3.05) is 28.6 Å². The lowest BCUT2D eigenvalue weighted by Crippen LogP contribution is -2.29. The first kappa shape index (κ1) is 16.7. The number of nitrogens with zero attached hydrogens (tertiary/aromatic N) is 2. The van der Waals surface area contributed by atoms with Crippen LogP contribution >= 0.6 is 22.7 Å². The van der Waals surface area contributed by atoms with E-state index in [-0.39, 0.29) is 11.8 Å². The number of fused-ring (bicyclic) bond motifs is 2. The lowest BCUT2D eigenvalue weighted by Gasteiger charge is -2.25. The summed E-state index contributed by atoms with van der Waals surface area (Å²) in [6.45, 7) is 2.15. The average Bonchev–Trinajstić information content (AvgIpc) is 3.33. The Balaban J connectivity index is 1.33. The number of thiophene rings is 1. The first-order valence-corrected chi connectivity index (χ1v) is 10.7. The molecule has 2 aliphatic heterocycles. The Labute approximate surface area is 164 Å². The Morgan fingerprint density at radius 3 is 2.81 bits per heavy atom. The van der Waals surface area contributed by atoms with Crippen LogP contribution in [0.5, 0.6) is 0 Å². The molecule has 1 fully saturated rings. The van der Waals surface area contributed by atoms with Gasteiger partial charge >= 0.3 is 0 Å². The molecule has 0 saturated carbocycles. The van der Waals surface area contributed by atoms with Gasteiger partial charge in [0, 0.05) is 24.5 Å². The van der Waals surface area contributed by atoms with Gasteiger partial charge in [0.2, 0.25) is 5.91 Å². The van der Waals surface area contributed by atoms with Gasteiger partial charge in [-0.05, 0) is 49.1 Å². The van der Waals surface area contributed by atoms with Gasteiger partial charge in [-0.25, -0.2) is 4.98 Å². The maximum absolute atomic E-state index is 12.6. The molecule has 0 radical (unpaired) electrons. The highest BCUT2D eigenvalue weighted by molar-refractivity contribution is 7.40. The van der Waals surface area contributed by atoms with Crippen LogP contribution in [0.2, 0.25) is 0 Å². The number of benzene rings is 1. The third-order valence-corrected chi connectivity index (χ3v) is 7.26. The van der Waals surface area contributed by atoms with Crippen LogP contribution in [-0.4, -0.2) is 29.9 Å². The summed E-state index contributed by atoms with van der Waals surface area (Å²) in [5.74, 6) is -0.149. The number of amides is 2. The van der Waals surface area contributed by atoms with Crippen molar-refractivity contribution < 1.29 is 9.59 Å². The Hall–Kier alpha value is -2.45. The minimum atomic E-state index is -0.137. The van der Waals surface area contributed by atoms with E-state index in [1.165, 1.54) is 30.6 Å². The van der Waals surface area contributed by atoms with Gasteiger partial charge in [0.25, 0.3) is 5.91 Å². The van der Waals surface area contributed by atoms with Crippen molar-refractivity contribution in [1.82, 2.24) is 4.98 Å². The van der Waals surface area contributed by atoms with E-state index in [1.807, 2.05) is 24.3 Å². The average molecular weight is 399 g/mol. The van der Waals surface area contributed by atoms with E-state index in [0.717, 1.165) is 39.0 Å². The highest BCUT2D eigenvalue weighted by Crippen LogP contribution is 2.36. The third-order valence-electron chi connectivity index (χ3n) is 4.92. The van der Waals surface area contributed by atoms with E-state index in [4.69, 9.17) is 4.98 Å². The lowest BCUT2D eigenvalue weighted by atomic mass is 10.1. The highest BCUT2D eigenvalue weighted by atomic mass is 32.2. The zero-order valence-corrected chi connectivity index (χ0v) is 16.2. The fraction of sp³-hybridized carbons (Fsp3) is 0.316. The Kier molecular flexibility index (Phi) is 4.09. The molecule has 6 nitrogen and oxygen atoms in total. The van der Waals surface area contributed by atoms with Crippen LogP contribution in [-0.2, 0) is 11.2 Å². The van der Waals surface area contributed by atoms with Gasteiger partial charge in [0.15, 0.2) is 5.13 Å². The molecular weight excluding hydrogens is 380 g/mol. The van der Waals surface area contributed by atoms with Crippen LogP contribution in [0.25, 0.3) is 9.53 Å². The first-order chi connectivity index (χ1) is 13.2. The number of anilines is 3. The molecule has 2 aromatic heterocycles. The molecule has 5 rings (SSSR count). The second-order valence-electron chi connectivity index (χ2n) is 6.88. The molecule has 0 unspecified atom stereocenters. The molecule has 138 valence electrons. The van der Waals surface area contributed by atoms with Crippen LogP contribution in [0.4, 0.5) is 16.5 Å². The van der Waals surface area contributed by atoms with Gasteiger partial charge < -0.3 is 15.5 Å². The Morgan fingerprint density at radius 2 is 2.00 bits per heavy atom. The lowest BCUT2D eigenvalue weighted by molar-refractivity contribution is -0.115. The van der Waals surface area contributed by atoms with Crippen molar-refractivity contribution in [1.29, 1.82) is 0 Å². The zero-order chi connectivity index (χ0) is 18.4. The van der Waals surface area contributed by atoms with Crippen molar-refractivity contribution >= 4 is 60.5 Å². The fourth-order valence-corrected chi connectivity index (χ4v) is 5.77. The number of rotatable bonds is 3. The van der Waals surface area contributed by atoms with E-state index >= 15 is 0 Å². The summed E-state index contributed by atoms with van der Waals surface area (Å²) in [4.78, 5) is 31.8. The van der Waals surface area contributed by atoms with E-state index in [9.17, 15) is 9.59 Å². The van der Waals surface area contributed by atoms with Crippen molar-refractivity contribution in [3.05, 3.63) is 34.7 Å². The van der Waals surface area contributed by atoms with Gasteiger partial charge in [-0.1, -0.05) is 11.3 Å². The predicted octanol–water partition coefficient (Wildman–Crippen LogP) is 4.10. The third kappa shape index (κ3) is 3.19. The zero-order valence-electron chi connectivity index (χ0n) is 14.6. The summed E-state index contributed by atoms with van der Waals surface area (Å²) in [5.41, 5.74) is 3.34. The molecule has 27 heavy (non-hydrogen) atoms. The molecular formula is C19H18N4O2S2. The van der Waals surface area contributed by atoms with Gasteiger partial charge in [-0.3, -0.25) is 9.59 Å².